The van der Waals surface area contributed by atoms with Crippen molar-refractivity contribution in [3.05, 3.63) is 60.0 Å². The zero-order valence-corrected chi connectivity index (χ0v) is 15.7. The van der Waals surface area contributed by atoms with Crippen LogP contribution in [0.1, 0.15) is 20.7 Å². The molecule has 0 aliphatic carbocycles. The standard InChI is InChI=1S/C14H8Br2INO3/c15-8-5-10(14(20)21)12(11(16)6-8)18-13(19)7-1-3-9(17)4-2-7/h1-6H,(H,18,19)(H,20,21). The van der Waals surface area contributed by atoms with Gasteiger partial charge in [0.1, 0.15) is 0 Å². The Morgan fingerprint density at radius 1 is 1.10 bits per heavy atom. The van der Waals surface area contributed by atoms with E-state index in [2.05, 4.69) is 59.8 Å². The van der Waals surface area contributed by atoms with Gasteiger partial charge in [0, 0.05) is 18.1 Å². The minimum absolute atomic E-state index is 0.00936. The highest BCUT2D eigenvalue weighted by Gasteiger charge is 2.17. The number of nitrogens with one attached hydrogen (secondary N) is 1. The molecule has 0 aliphatic rings. The molecule has 0 saturated heterocycles. The molecule has 0 aromatic heterocycles. The van der Waals surface area contributed by atoms with Gasteiger partial charge in [-0.2, -0.15) is 0 Å². The molecular weight excluding hydrogens is 517 g/mol. The average Bonchev–Trinajstić information content (AvgIpc) is 2.41. The lowest BCUT2D eigenvalue weighted by molar-refractivity contribution is 0.0698. The summed E-state index contributed by atoms with van der Waals surface area (Å²) < 4.78 is 2.12. The number of amides is 1. The van der Waals surface area contributed by atoms with Crippen molar-refractivity contribution in [3.63, 3.8) is 0 Å². The Morgan fingerprint density at radius 3 is 2.29 bits per heavy atom. The molecule has 0 bridgehead atoms. The highest BCUT2D eigenvalue weighted by atomic mass is 127. The third kappa shape index (κ3) is 4.04. The maximum Gasteiger partial charge on any atom is 0.337 e. The van der Waals surface area contributed by atoms with Gasteiger partial charge in [-0.15, -0.1) is 0 Å². The lowest BCUT2D eigenvalue weighted by Crippen LogP contribution is -2.15. The van der Waals surface area contributed by atoms with E-state index < -0.39 is 5.97 Å². The molecule has 0 heterocycles. The lowest BCUT2D eigenvalue weighted by Gasteiger charge is -2.11. The van der Waals surface area contributed by atoms with Crippen LogP contribution in [0, 0.1) is 3.57 Å². The van der Waals surface area contributed by atoms with Crippen molar-refractivity contribution < 1.29 is 14.7 Å². The Bertz CT molecular complexity index is 717. The van der Waals surface area contributed by atoms with Gasteiger partial charge >= 0.3 is 5.97 Å². The molecular formula is C14H8Br2INO3. The van der Waals surface area contributed by atoms with Crippen LogP contribution in [0.5, 0.6) is 0 Å². The SMILES string of the molecule is O=C(Nc1c(Br)cc(Br)cc1C(=O)O)c1ccc(I)cc1. The molecule has 1 amide bonds. The van der Waals surface area contributed by atoms with Gasteiger partial charge in [-0.3, -0.25) is 4.79 Å². The summed E-state index contributed by atoms with van der Waals surface area (Å²) >= 11 is 8.64. The summed E-state index contributed by atoms with van der Waals surface area (Å²) in [7, 11) is 0. The van der Waals surface area contributed by atoms with E-state index in [0.717, 1.165) is 3.57 Å². The fourth-order valence-corrected chi connectivity index (χ4v) is 3.34. The van der Waals surface area contributed by atoms with Crippen LogP contribution >= 0.6 is 54.5 Å². The lowest BCUT2D eigenvalue weighted by atomic mass is 10.1. The molecule has 4 nitrogen and oxygen atoms in total. The van der Waals surface area contributed by atoms with Crippen molar-refractivity contribution in [2.75, 3.05) is 5.32 Å². The number of carboxylic acids is 1. The zero-order valence-electron chi connectivity index (χ0n) is 10.4. The van der Waals surface area contributed by atoms with Crippen molar-refractivity contribution >= 4 is 72.0 Å². The average molecular weight is 525 g/mol. The van der Waals surface area contributed by atoms with Crippen LogP contribution in [0.4, 0.5) is 5.69 Å². The molecule has 0 unspecified atom stereocenters. The number of benzene rings is 2. The molecule has 108 valence electrons. The van der Waals surface area contributed by atoms with Crippen LogP contribution in [0.2, 0.25) is 0 Å². The number of halogens is 3. The molecule has 0 radical (unpaired) electrons. The number of carbonyl (C=O) groups excluding carboxylic acids is 1. The number of hydrogen-bond donors (Lipinski definition) is 2. The van der Waals surface area contributed by atoms with E-state index in [9.17, 15) is 14.7 Å². The molecule has 0 saturated carbocycles. The van der Waals surface area contributed by atoms with E-state index in [1.54, 1.807) is 18.2 Å². The molecule has 2 rings (SSSR count). The smallest absolute Gasteiger partial charge is 0.337 e. The number of carboxylic acid groups (broad SMARTS) is 1. The van der Waals surface area contributed by atoms with E-state index >= 15 is 0 Å². The van der Waals surface area contributed by atoms with Crippen molar-refractivity contribution in [3.8, 4) is 0 Å². The van der Waals surface area contributed by atoms with Gasteiger partial charge in [-0.05, 0) is 74.9 Å². The number of rotatable bonds is 3. The predicted octanol–water partition coefficient (Wildman–Crippen LogP) is 4.77. The molecule has 0 fully saturated rings. The number of anilines is 1. The molecule has 2 N–H and O–H groups in total. The summed E-state index contributed by atoms with van der Waals surface area (Å²) in [5.74, 6) is -1.48. The second-order valence-corrected chi connectivity index (χ2v) is 7.09. The fraction of sp³-hybridized carbons (Fsp3) is 0. The highest BCUT2D eigenvalue weighted by Crippen LogP contribution is 2.31. The van der Waals surface area contributed by atoms with Gasteiger partial charge in [0.15, 0.2) is 0 Å². The van der Waals surface area contributed by atoms with Gasteiger partial charge in [0.25, 0.3) is 5.91 Å². The second kappa shape index (κ2) is 6.89. The fourth-order valence-electron chi connectivity index (χ4n) is 1.66. The molecule has 0 aliphatic heterocycles. The maximum atomic E-state index is 12.2. The van der Waals surface area contributed by atoms with E-state index in [-0.39, 0.29) is 17.2 Å². The topological polar surface area (TPSA) is 66.4 Å². The maximum absolute atomic E-state index is 12.2. The first-order valence-corrected chi connectivity index (χ1v) is 8.34. The van der Waals surface area contributed by atoms with E-state index in [4.69, 9.17) is 0 Å². The Kier molecular flexibility index (Phi) is 5.39. The molecule has 2 aromatic rings. The van der Waals surface area contributed by atoms with Crippen LogP contribution in [0.3, 0.4) is 0 Å². The van der Waals surface area contributed by atoms with Crippen LogP contribution in [0.15, 0.2) is 45.3 Å². The van der Waals surface area contributed by atoms with Crippen molar-refractivity contribution in [1.82, 2.24) is 0 Å². The first-order valence-electron chi connectivity index (χ1n) is 5.67. The Morgan fingerprint density at radius 2 is 1.71 bits per heavy atom. The van der Waals surface area contributed by atoms with Gasteiger partial charge in [-0.25, -0.2) is 4.79 Å². The van der Waals surface area contributed by atoms with Crippen molar-refractivity contribution in [2.24, 2.45) is 0 Å². The molecule has 0 spiro atoms. The summed E-state index contributed by atoms with van der Waals surface area (Å²) in [4.78, 5) is 23.5. The predicted molar refractivity (Wildman–Crippen MR) is 95.9 cm³/mol. The minimum atomic E-state index is -1.12. The van der Waals surface area contributed by atoms with Gasteiger partial charge in [0.2, 0.25) is 0 Å². The van der Waals surface area contributed by atoms with E-state index in [1.807, 2.05) is 12.1 Å². The second-order valence-electron chi connectivity index (χ2n) is 4.08. The van der Waals surface area contributed by atoms with E-state index in [1.165, 1.54) is 6.07 Å². The number of carbonyl (C=O) groups is 2. The first-order chi connectivity index (χ1) is 9.88. The summed E-state index contributed by atoms with van der Waals surface area (Å²) in [5.41, 5.74) is 0.700. The minimum Gasteiger partial charge on any atom is -0.478 e. The third-order valence-corrected chi connectivity index (χ3v) is 4.43. The number of aromatic carboxylic acids is 1. The van der Waals surface area contributed by atoms with Crippen LogP contribution < -0.4 is 5.32 Å². The van der Waals surface area contributed by atoms with Crippen molar-refractivity contribution in [2.45, 2.75) is 0 Å². The third-order valence-electron chi connectivity index (χ3n) is 2.63. The summed E-state index contributed by atoms with van der Waals surface area (Å²) in [5, 5.41) is 11.9. The number of hydrogen-bond acceptors (Lipinski definition) is 2. The normalized spacial score (nSPS) is 10.2. The summed E-state index contributed by atoms with van der Waals surface area (Å²) in [6.45, 7) is 0. The van der Waals surface area contributed by atoms with E-state index in [0.29, 0.717) is 14.5 Å². The Hall–Kier alpha value is -0.930. The van der Waals surface area contributed by atoms with Gasteiger partial charge in [0.05, 0.1) is 11.3 Å². The van der Waals surface area contributed by atoms with Crippen LogP contribution in [0.25, 0.3) is 0 Å². The summed E-state index contributed by atoms with van der Waals surface area (Å²) in [6, 6.07) is 10.1. The van der Waals surface area contributed by atoms with Crippen LogP contribution in [-0.2, 0) is 0 Å². The highest BCUT2D eigenvalue weighted by molar-refractivity contribution is 14.1. The Labute approximate surface area is 151 Å². The quantitative estimate of drug-likeness (QED) is 0.569. The summed E-state index contributed by atoms with van der Waals surface area (Å²) in [6.07, 6.45) is 0. The van der Waals surface area contributed by atoms with Gasteiger partial charge in [-0.1, -0.05) is 15.9 Å². The molecule has 2 aromatic carbocycles. The molecule has 7 heteroatoms. The van der Waals surface area contributed by atoms with Crippen LogP contribution in [-0.4, -0.2) is 17.0 Å². The zero-order chi connectivity index (χ0) is 15.6. The Balaban J connectivity index is 2.37. The largest absolute Gasteiger partial charge is 0.478 e. The molecule has 21 heavy (non-hydrogen) atoms. The monoisotopic (exact) mass is 523 g/mol. The first kappa shape index (κ1) is 16.4. The molecule has 0 atom stereocenters. The van der Waals surface area contributed by atoms with Crippen molar-refractivity contribution in [1.29, 1.82) is 0 Å². The van der Waals surface area contributed by atoms with Gasteiger partial charge < -0.3 is 10.4 Å².